The molecule has 0 spiro atoms. The van der Waals surface area contributed by atoms with Crippen LogP contribution in [-0.4, -0.2) is 31.5 Å². The number of nitrogens with one attached hydrogen (secondary N) is 1. The molecule has 2 aromatic rings. The van der Waals surface area contributed by atoms with Gasteiger partial charge >= 0.3 is 0 Å². The molecule has 0 atom stereocenters. The SMILES string of the molecule is NCC#Cc1cncc(S(=O)(=O)NCCc2cscn2)c1. The third-order valence-corrected chi connectivity index (χ3v) is 4.58. The van der Waals surface area contributed by atoms with Crippen LogP contribution in [0.2, 0.25) is 0 Å². The van der Waals surface area contributed by atoms with Gasteiger partial charge in [0.15, 0.2) is 0 Å². The van der Waals surface area contributed by atoms with Crippen LogP contribution in [0.3, 0.4) is 0 Å². The summed E-state index contributed by atoms with van der Waals surface area (Å²) in [6.07, 6.45) is 3.33. The number of hydrogen-bond donors (Lipinski definition) is 2. The zero-order chi connectivity index (χ0) is 15.1. The molecule has 0 saturated carbocycles. The van der Waals surface area contributed by atoms with Crippen LogP contribution in [0.4, 0.5) is 0 Å². The van der Waals surface area contributed by atoms with Crippen LogP contribution in [-0.2, 0) is 16.4 Å². The maximum Gasteiger partial charge on any atom is 0.242 e. The highest BCUT2D eigenvalue weighted by atomic mass is 32.2. The van der Waals surface area contributed by atoms with E-state index < -0.39 is 10.0 Å². The number of aromatic nitrogens is 2. The molecular weight excluding hydrogens is 308 g/mol. The summed E-state index contributed by atoms with van der Waals surface area (Å²) < 4.78 is 26.8. The number of rotatable bonds is 5. The summed E-state index contributed by atoms with van der Waals surface area (Å²) >= 11 is 1.48. The minimum atomic E-state index is -3.60. The number of pyridine rings is 1. The van der Waals surface area contributed by atoms with E-state index >= 15 is 0 Å². The Balaban J connectivity index is 2.04. The fourth-order valence-corrected chi connectivity index (χ4v) is 3.16. The van der Waals surface area contributed by atoms with Crippen LogP contribution in [0.15, 0.2) is 34.2 Å². The number of hydrogen-bond acceptors (Lipinski definition) is 6. The predicted octanol–water partition coefficient (Wildman–Crippen LogP) is 0.369. The van der Waals surface area contributed by atoms with Gasteiger partial charge in [-0.15, -0.1) is 11.3 Å². The van der Waals surface area contributed by atoms with E-state index in [9.17, 15) is 8.42 Å². The van der Waals surface area contributed by atoms with Gasteiger partial charge in [-0.3, -0.25) is 4.98 Å². The molecular formula is C13H14N4O2S2. The standard InChI is InChI=1S/C13H14N4O2S2/c14-4-1-2-11-6-13(8-15-7-11)21(18,19)17-5-3-12-9-20-10-16-12/h6-10,17H,3-5,14H2. The van der Waals surface area contributed by atoms with Gasteiger partial charge in [-0.1, -0.05) is 11.8 Å². The lowest BCUT2D eigenvalue weighted by Crippen LogP contribution is -2.26. The van der Waals surface area contributed by atoms with E-state index in [0.29, 0.717) is 12.0 Å². The zero-order valence-corrected chi connectivity index (χ0v) is 12.7. The zero-order valence-electron chi connectivity index (χ0n) is 11.1. The first-order valence-electron chi connectivity index (χ1n) is 6.12. The minimum absolute atomic E-state index is 0.0876. The molecule has 8 heteroatoms. The van der Waals surface area contributed by atoms with Gasteiger partial charge in [-0.25, -0.2) is 18.1 Å². The van der Waals surface area contributed by atoms with E-state index in [-0.39, 0.29) is 18.0 Å². The summed E-state index contributed by atoms with van der Waals surface area (Å²) in [5, 5.41) is 1.89. The summed E-state index contributed by atoms with van der Waals surface area (Å²) in [6, 6.07) is 1.47. The largest absolute Gasteiger partial charge is 0.320 e. The van der Waals surface area contributed by atoms with Crippen molar-refractivity contribution in [2.45, 2.75) is 11.3 Å². The first-order chi connectivity index (χ1) is 10.1. The molecule has 0 unspecified atom stereocenters. The third-order valence-electron chi connectivity index (χ3n) is 2.51. The van der Waals surface area contributed by atoms with Crippen LogP contribution < -0.4 is 10.5 Å². The average molecular weight is 322 g/mol. The lowest BCUT2D eigenvalue weighted by atomic mass is 10.3. The minimum Gasteiger partial charge on any atom is -0.320 e. The Morgan fingerprint density at radius 1 is 1.38 bits per heavy atom. The molecule has 0 fully saturated rings. The quantitative estimate of drug-likeness (QED) is 0.775. The van der Waals surface area contributed by atoms with Gasteiger partial charge in [0, 0.05) is 36.3 Å². The molecule has 0 aliphatic heterocycles. The highest BCUT2D eigenvalue weighted by Gasteiger charge is 2.14. The van der Waals surface area contributed by atoms with Gasteiger partial charge in [-0.05, 0) is 6.07 Å². The molecule has 0 saturated heterocycles. The topological polar surface area (TPSA) is 98.0 Å². The van der Waals surface area contributed by atoms with Crippen LogP contribution in [0.1, 0.15) is 11.3 Å². The highest BCUT2D eigenvalue weighted by Crippen LogP contribution is 2.09. The Bertz CT molecular complexity index is 746. The van der Waals surface area contributed by atoms with Crippen LogP contribution >= 0.6 is 11.3 Å². The fraction of sp³-hybridized carbons (Fsp3) is 0.231. The number of nitrogens with two attached hydrogens (primary N) is 1. The Morgan fingerprint density at radius 3 is 2.95 bits per heavy atom. The lowest BCUT2D eigenvalue weighted by Gasteiger charge is -2.05. The van der Waals surface area contributed by atoms with Gasteiger partial charge in [0.05, 0.1) is 17.7 Å². The molecule has 2 aromatic heterocycles. The number of sulfonamides is 1. The molecule has 110 valence electrons. The van der Waals surface area contributed by atoms with E-state index in [1.165, 1.54) is 29.8 Å². The molecule has 0 amide bonds. The third kappa shape index (κ3) is 4.61. The van der Waals surface area contributed by atoms with Crippen molar-refractivity contribution in [2.24, 2.45) is 5.73 Å². The van der Waals surface area contributed by atoms with E-state index in [0.717, 1.165) is 5.69 Å². The molecule has 0 aliphatic rings. The van der Waals surface area contributed by atoms with Gasteiger partial charge in [0.2, 0.25) is 10.0 Å². The van der Waals surface area contributed by atoms with Gasteiger partial charge in [-0.2, -0.15) is 0 Å². The molecule has 0 aliphatic carbocycles. The van der Waals surface area contributed by atoms with Crippen molar-refractivity contribution >= 4 is 21.4 Å². The monoisotopic (exact) mass is 322 g/mol. The van der Waals surface area contributed by atoms with Crippen LogP contribution in [0, 0.1) is 11.8 Å². The maximum atomic E-state index is 12.1. The molecule has 3 N–H and O–H groups in total. The summed E-state index contributed by atoms with van der Waals surface area (Å²) in [6.45, 7) is 0.494. The summed E-state index contributed by atoms with van der Waals surface area (Å²) in [7, 11) is -3.60. The Kier molecular flexibility index (Phi) is 5.41. The second-order valence-electron chi connectivity index (χ2n) is 4.04. The Labute approximate surface area is 127 Å². The van der Waals surface area contributed by atoms with Crippen molar-refractivity contribution in [2.75, 3.05) is 13.1 Å². The normalized spacial score (nSPS) is 10.9. The fourth-order valence-electron chi connectivity index (χ4n) is 1.55. The molecule has 0 radical (unpaired) electrons. The predicted molar refractivity (Wildman–Crippen MR) is 81.2 cm³/mol. The van der Waals surface area contributed by atoms with Crippen molar-refractivity contribution in [1.29, 1.82) is 0 Å². The summed E-state index contributed by atoms with van der Waals surface area (Å²) in [5.74, 6) is 5.42. The Hall–Kier alpha value is -1.79. The molecule has 2 heterocycles. The van der Waals surface area contributed by atoms with E-state index in [2.05, 4.69) is 26.5 Å². The molecule has 2 rings (SSSR count). The average Bonchev–Trinajstić information content (AvgIpc) is 2.98. The molecule has 0 aromatic carbocycles. The van der Waals surface area contributed by atoms with Crippen LogP contribution in [0.5, 0.6) is 0 Å². The van der Waals surface area contributed by atoms with E-state index in [1.54, 1.807) is 5.51 Å². The number of nitrogens with zero attached hydrogens (tertiary/aromatic N) is 2. The van der Waals surface area contributed by atoms with Gasteiger partial charge in [0.25, 0.3) is 0 Å². The maximum absolute atomic E-state index is 12.1. The van der Waals surface area contributed by atoms with Gasteiger partial charge in [0.1, 0.15) is 4.90 Å². The van der Waals surface area contributed by atoms with Crippen LogP contribution in [0.25, 0.3) is 0 Å². The first kappa shape index (κ1) is 15.6. The molecule has 6 nitrogen and oxygen atoms in total. The van der Waals surface area contributed by atoms with Crippen molar-refractivity contribution in [3.63, 3.8) is 0 Å². The molecule has 21 heavy (non-hydrogen) atoms. The Morgan fingerprint density at radius 2 is 2.24 bits per heavy atom. The lowest BCUT2D eigenvalue weighted by molar-refractivity contribution is 0.581. The van der Waals surface area contributed by atoms with Crippen molar-refractivity contribution in [3.8, 4) is 11.8 Å². The number of thiazole rings is 1. The van der Waals surface area contributed by atoms with E-state index in [4.69, 9.17) is 5.73 Å². The summed E-state index contributed by atoms with van der Waals surface area (Å²) in [5.41, 5.74) is 8.38. The van der Waals surface area contributed by atoms with Crippen molar-refractivity contribution in [1.82, 2.24) is 14.7 Å². The first-order valence-corrected chi connectivity index (χ1v) is 8.55. The van der Waals surface area contributed by atoms with Crippen molar-refractivity contribution < 1.29 is 8.42 Å². The highest BCUT2D eigenvalue weighted by molar-refractivity contribution is 7.89. The second kappa shape index (κ2) is 7.28. The van der Waals surface area contributed by atoms with Gasteiger partial charge < -0.3 is 5.73 Å². The summed E-state index contributed by atoms with van der Waals surface area (Å²) in [4.78, 5) is 8.07. The second-order valence-corrected chi connectivity index (χ2v) is 6.53. The van der Waals surface area contributed by atoms with Crippen molar-refractivity contribution in [3.05, 3.63) is 40.6 Å². The molecule has 0 bridgehead atoms. The van der Waals surface area contributed by atoms with E-state index in [1.807, 2.05) is 5.38 Å². The smallest absolute Gasteiger partial charge is 0.242 e.